The van der Waals surface area contributed by atoms with Gasteiger partial charge in [-0.1, -0.05) is 25.4 Å². The van der Waals surface area contributed by atoms with Gasteiger partial charge in [0, 0.05) is 38.1 Å². The molecule has 24 heavy (non-hydrogen) atoms. The second kappa shape index (κ2) is 7.51. The molecule has 1 aliphatic rings. The van der Waals surface area contributed by atoms with Gasteiger partial charge in [-0.25, -0.2) is 4.98 Å². The van der Waals surface area contributed by atoms with E-state index in [9.17, 15) is 4.79 Å². The van der Waals surface area contributed by atoms with Crippen LogP contribution in [-0.2, 0) is 4.74 Å². The number of halogens is 1. The second-order valence-electron chi connectivity index (χ2n) is 6.41. The lowest BCUT2D eigenvalue weighted by molar-refractivity contribution is 0.00671. The van der Waals surface area contributed by atoms with Crippen molar-refractivity contribution in [2.24, 2.45) is 5.92 Å². The third-order valence-electron chi connectivity index (χ3n) is 4.40. The zero-order valence-electron chi connectivity index (χ0n) is 14.0. The first-order valence-corrected chi connectivity index (χ1v) is 8.66. The predicted molar refractivity (Wildman–Crippen MR) is 93.6 cm³/mol. The lowest BCUT2D eigenvalue weighted by Gasteiger charge is -2.36. The first-order chi connectivity index (χ1) is 11.5. The minimum absolute atomic E-state index is 0.159. The summed E-state index contributed by atoms with van der Waals surface area (Å²) < 4.78 is 7.18. The zero-order chi connectivity index (χ0) is 17.1. The summed E-state index contributed by atoms with van der Waals surface area (Å²) in [6.07, 6.45) is 3.45. The summed E-state index contributed by atoms with van der Waals surface area (Å²) >= 11 is 5.97. The molecule has 0 bridgehead atoms. The highest BCUT2D eigenvalue weighted by atomic mass is 35.5. The van der Waals surface area contributed by atoms with E-state index in [0.29, 0.717) is 34.9 Å². The molecule has 0 spiro atoms. The highest BCUT2D eigenvalue weighted by molar-refractivity contribution is 6.30. The maximum atomic E-state index is 12.4. The van der Waals surface area contributed by atoms with Gasteiger partial charge in [-0.2, -0.15) is 0 Å². The van der Waals surface area contributed by atoms with E-state index in [1.807, 2.05) is 0 Å². The fourth-order valence-corrected chi connectivity index (χ4v) is 3.23. The van der Waals surface area contributed by atoms with Crippen molar-refractivity contribution < 1.29 is 9.53 Å². The molecule has 1 unspecified atom stereocenters. The van der Waals surface area contributed by atoms with Crippen LogP contribution in [0.5, 0.6) is 0 Å². The van der Waals surface area contributed by atoms with Crippen molar-refractivity contribution in [1.29, 1.82) is 0 Å². The lowest BCUT2D eigenvalue weighted by Crippen LogP contribution is -2.51. The average molecular weight is 351 g/mol. The fourth-order valence-electron chi connectivity index (χ4n) is 3.06. The number of carbonyl (C=O) groups is 1. The highest BCUT2D eigenvalue weighted by Gasteiger charge is 2.24. The van der Waals surface area contributed by atoms with Crippen molar-refractivity contribution >= 4 is 23.2 Å². The Hall–Kier alpha value is -1.63. The molecule has 1 N–H and O–H groups in total. The molecule has 1 atom stereocenters. The van der Waals surface area contributed by atoms with E-state index in [1.54, 1.807) is 28.9 Å². The first-order valence-electron chi connectivity index (χ1n) is 8.29. The van der Waals surface area contributed by atoms with Gasteiger partial charge in [0.15, 0.2) is 0 Å². The Kier molecular flexibility index (Phi) is 5.38. The molecule has 3 rings (SSSR count). The van der Waals surface area contributed by atoms with Gasteiger partial charge >= 0.3 is 0 Å². The van der Waals surface area contributed by atoms with Gasteiger partial charge in [-0.15, -0.1) is 0 Å². The van der Waals surface area contributed by atoms with Crippen molar-refractivity contribution in [3.05, 3.63) is 35.2 Å². The topological polar surface area (TPSA) is 58.9 Å². The summed E-state index contributed by atoms with van der Waals surface area (Å²) in [7, 11) is 0. The molecule has 2 aromatic rings. The smallest absolute Gasteiger partial charge is 0.271 e. The van der Waals surface area contributed by atoms with Gasteiger partial charge in [0.05, 0.1) is 18.2 Å². The number of aromatic nitrogens is 2. The number of ether oxygens (including phenoxy) is 1. The number of carbonyl (C=O) groups excluding carboxylic acids is 1. The number of imidazole rings is 1. The normalized spacial score (nSPS) is 17.3. The molecule has 0 saturated carbocycles. The van der Waals surface area contributed by atoms with Crippen LogP contribution in [0.3, 0.4) is 0 Å². The van der Waals surface area contributed by atoms with Crippen LogP contribution in [0.2, 0.25) is 5.02 Å². The number of amides is 1. The highest BCUT2D eigenvalue weighted by Crippen LogP contribution is 2.14. The van der Waals surface area contributed by atoms with Gasteiger partial charge in [-0.05, 0) is 18.1 Å². The number of nitrogens with one attached hydrogen (secondary N) is 1. The van der Waals surface area contributed by atoms with Gasteiger partial charge in [-0.3, -0.25) is 9.69 Å². The summed E-state index contributed by atoms with van der Waals surface area (Å²) in [6, 6.07) is 3.85. The largest absolute Gasteiger partial charge is 0.379 e. The van der Waals surface area contributed by atoms with E-state index < -0.39 is 0 Å². The Morgan fingerprint density at radius 1 is 1.33 bits per heavy atom. The summed E-state index contributed by atoms with van der Waals surface area (Å²) in [6.45, 7) is 8.29. The van der Waals surface area contributed by atoms with Crippen molar-refractivity contribution in [3.63, 3.8) is 0 Å². The van der Waals surface area contributed by atoms with Crippen LogP contribution < -0.4 is 5.32 Å². The van der Waals surface area contributed by atoms with E-state index in [0.717, 1.165) is 26.3 Å². The monoisotopic (exact) mass is 350 g/mol. The van der Waals surface area contributed by atoms with E-state index in [-0.39, 0.29) is 5.91 Å². The maximum absolute atomic E-state index is 12.4. The maximum Gasteiger partial charge on any atom is 0.271 e. The minimum Gasteiger partial charge on any atom is -0.379 e. The van der Waals surface area contributed by atoms with E-state index in [1.165, 1.54) is 0 Å². The summed E-state index contributed by atoms with van der Waals surface area (Å²) in [5, 5.41) is 3.63. The number of fused-ring (bicyclic) bond motifs is 1. The molecular formula is C17H23ClN4O2. The van der Waals surface area contributed by atoms with Gasteiger partial charge < -0.3 is 14.5 Å². The second-order valence-corrected chi connectivity index (χ2v) is 6.85. The molecule has 0 aromatic carbocycles. The number of hydrogen-bond donors (Lipinski definition) is 1. The summed E-state index contributed by atoms with van der Waals surface area (Å²) in [5.74, 6) is 0.289. The molecule has 1 amide bonds. The fraction of sp³-hybridized carbons (Fsp3) is 0.529. The van der Waals surface area contributed by atoms with Crippen LogP contribution in [-0.4, -0.2) is 59.1 Å². The van der Waals surface area contributed by atoms with Gasteiger partial charge in [0.2, 0.25) is 0 Å². The molecule has 1 aliphatic heterocycles. The molecule has 0 aliphatic carbocycles. The van der Waals surface area contributed by atoms with Crippen LogP contribution >= 0.6 is 11.6 Å². The third kappa shape index (κ3) is 3.88. The van der Waals surface area contributed by atoms with Crippen molar-refractivity contribution in [2.45, 2.75) is 19.9 Å². The van der Waals surface area contributed by atoms with E-state index in [4.69, 9.17) is 16.3 Å². The quantitative estimate of drug-likeness (QED) is 0.897. The minimum atomic E-state index is -0.159. The third-order valence-corrected chi connectivity index (χ3v) is 4.63. The lowest BCUT2D eigenvalue weighted by atomic mass is 10.0. The number of morpholine rings is 1. The van der Waals surface area contributed by atoms with Crippen LogP contribution in [0, 0.1) is 5.92 Å². The van der Waals surface area contributed by atoms with Gasteiger partial charge in [0.1, 0.15) is 11.3 Å². The molecular weight excluding hydrogens is 328 g/mol. The van der Waals surface area contributed by atoms with Crippen molar-refractivity contribution in [1.82, 2.24) is 19.6 Å². The van der Waals surface area contributed by atoms with E-state index >= 15 is 0 Å². The molecule has 6 nitrogen and oxygen atoms in total. The number of hydrogen-bond acceptors (Lipinski definition) is 4. The molecule has 3 heterocycles. The molecule has 7 heteroatoms. The molecule has 2 aromatic heterocycles. The van der Waals surface area contributed by atoms with Crippen molar-refractivity contribution in [3.8, 4) is 0 Å². The molecule has 1 fully saturated rings. The number of nitrogens with zero attached hydrogens (tertiary/aromatic N) is 3. The van der Waals surface area contributed by atoms with Crippen LogP contribution in [0.25, 0.3) is 5.65 Å². The summed E-state index contributed by atoms with van der Waals surface area (Å²) in [5.41, 5.74) is 1.11. The Labute approximate surface area is 146 Å². The SMILES string of the molecule is CC(C)C(CNC(=O)c1cn2cc(Cl)ccc2n1)N1CCOCC1. The Bertz CT molecular complexity index is 710. The van der Waals surface area contributed by atoms with Crippen LogP contribution in [0.4, 0.5) is 0 Å². The van der Waals surface area contributed by atoms with Crippen LogP contribution in [0.15, 0.2) is 24.5 Å². The number of pyridine rings is 1. The molecule has 130 valence electrons. The first kappa shape index (κ1) is 17.2. The molecule has 1 saturated heterocycles. The number of rotatable bonds is 5. The Morgan fingerprint density at radius 2 is 2.08 bits per heavy atom. The Morgan fingerprint density at radius 3 is 2.79 bits per heavy atom. The Balaban J connectivity index is 1.65. The van der Waals surface area contributed by atoms with Gasteiger partial charge in [0.25, 0.3) is 5.91 Å². The predicted octanol–water partition coefficient (Wildman–Crippen LogP) is 2.07. The van der Waals surface area contributed by atoms with E-state index in [2.05, 4.69) is 29.0 Å². The summed E-state index contributed by atoms with van der Waals surface area (Å²) in [4.78, 5) is 19.2. The van der Waals surface area contributed by atoms with Crippen LogP contribution in [0.1, 0.15) is 24.3 Å². The average Bonchev–Trinajstić information content (AvgIpc) is 2.98. The standard InChI is InChI=1S/C17H23ClN4O2/c1-12(2)15(21-5-7-24-8-6-21)9-19-17(23)14-11-22-10-13(18)3-4-16(22)20-14/h3-4,10-12,15H,5-9H2,1-2H3,(H,19,23). The zero-order valence-corrected chi connectivity index (χ0v) is 14.8. The van der Waals surface area contributed by atoms with Crippen molar-refractivity contribution in [2.75, 3.05) is 32.8 Å². The molecule has 0 radical (unpaired) electrons.